The van der Waals surface area contributed by atoms with Gasteiger partial charge in [0.25, 0.3) is 0 Å². The summed E-state index contributed by atoms with van der Waals surface area (Å²) in [4.78, 5) is 0.159. The second-order valence-corrected chi connectivity index (χ2v) is 6.26. The van der Waals surface area contributed by atoms with E-state index < -0.39 is 10.0 Å². The number of nitrogens with one attached hydrogen (secondary N) is 1. The minimum Gasteiger partial charge on any atom is -0.383 e. The first-order valence-corrected chi connectivity index (χ1v) is 7.80. The summed E-state index contributed by atoms with van der Waals surface area (Å²) in [6.07, 6.45) is 0.643. The van der Waals surface area contributed by atoms with Crippen molar-refractivity contribution in [2.24, 2.45) is 5.73 Å². The van der Waals surface area contributed by atoms with E-state index >= 15 is 0 Å². The predicted molar refractivity (Wildman–Crippen MR) is 75.6 cm³/mol. The summed E-state index contributed by atoms with van der Waals surface area (Å²) in [5.41, 5.74) is 6.12. The molecule has 0 spiro atoms. The van der Waals surface area contributed by atoms with Crippen LogP contribution in [0.3, 0.4) is 0 Å². The van der Waals surface area contributed by atoms with Crippen LogP contribution >= 0.6 is 11.6 Å². The van der Waals surface area contributed by atoms with E-state index in [1.807, 2.05) is 6.92 Å². The van der Waals surface area contributed by atoms with Crippen molar-refractivity contribution in [2.45, 2.75) is 30.8 Å². The molecule has 1 aromatic carbocycles. The Hall–Kier alpha value is -0.660. The van der Waals surface area contributed by atoms with Gasteiger partial charge in [0.1, 0.15) is 0 Å². The van der Waals surface area contributed by atoms with Crippen molar-refractivity contribution >= 4 is 21.6 Å². The third kappa shape index (κ3) is 4.43. The van der Waals surface area contributed by atoms with E-state index in [2.05, 4.69) is 4.72 Å². The molecule has 0 aliphatic rings. The molecule has 0 radical (unpaired) electrons. The Kier molecular flexibility index (Phi) is 6.22. The number of nitrogens with two attached hydrogens (primary N) is 1. The van der Waals surface area contributed by atoms with Crippen molar-refractivity contribution in [3.63, 3.8) is 0 Å². The number of hydrogen-bond acceptors (Lipinski definition) is 4. The standard InChI is InChI=1S/C12H19ClN2O3S/c1-3-10(8-18-2)15-19(16,17)11-4-5-12(13)9(6-11)7-14/h4-6,10,15H,3,7-8,14H2,1-2H3. The molecule has 1 aromatic rings. The van der Waals surface area contributed by atoms with E-state index in [4.69, 9.17) is 22.1 Å². The number of halogens is 1. The van der Waals surface area contributed by atoms with Crippen LogP contribution in [0.15, 0.2) is 23.1 Å². The van der Waals surface area contributed by atoms with E-state index in [9.17, 15) is 8.42 Å². The second-order valence-electron chi connectivity index (χ2n) is 4.14. The molecule has 0 amide bonds. The lowest BCUT2D eigenvalue weighted by Crippen LogP contribution is -2.37. The Bertz CT molecular complexity index is 520. The molecule has 0 fully saturated rings. The van der Waals surface area contributed by atoms with Gasteiger partial charge in [-0.15, -0.1) is 0 Å². The highest BCUT2D eigenvalue weighted by Gasteiger charge is 2.19. The molecule has 3 N–H and O–H groups in total. The Balaban J connectivity index is 2.99. The molecule has 108 valence electrons. The van der Waals surface area contributed by atoms with Crippen molar-refractivity contribution in [1.82, 2.24) is 4.72 Å². The molecule has 0 saturated carbocycles. The summed E-state index contributed by atoms with van der Waals surface area (Å²) >= 11 is 5.91. The van der Waals surface area contributed by atoms with Gasteiger partial charge in [-0.3, -0.25) is 0 Å². The van der Waals surface area contributed by atoms with Crippen LogP contribution in [-0.2, 0) is 21.3 Å². The van der Waals surface area contributed by atoms with E-state index in [1.165, 1.54) is 25.3 Å². The Morgan fingerprint density at radius 2 is 2.16 bits per heavy atom. The molecular weight excluding hydrogens is 288 g/mol. The molecule has 1 unspecified atom stereocenters. The first-order chi connectivity index (χ1) is 8.94. The molecule has 19 heavy (non-hydrogen) atoms. The van der Waals surface area contributed by atoms with E-state index in [1.54, 1.807) is 0 Å². The van der Waals surface area contributed by atoms with Gasteiger partial charge >= 0.3 is 0 Å². The van der Waals surface area contributed by atoms with E-state index in [0.29, 0.717) is 23.6 Å². The maximum absolute atomic E-state index is 12.2. The largest absolute Gasteiger partial charge is 0.383 e. The minimum absolute atomic E-state index is 0.159. The highest BCUT2D eigenvalue weighted by molar-refractivity contribution is 7.89. The van der Waals surface area contributed by atoms with Crippen molar-refractivity contribution in [3.8, 4) is 0 Å². The number of sulfonamides is 1. The number of benzene rings is 1. The number of methoxy groups -OCH3 is 1. The predicted octanol–water partition coefficient (Wildman–Crippen LogP) is 1.50. The highest BCUT2D eigenvalue weighted by Crippen LogP contribution is 2.20. The molecule has 0 aliphatic carbocycles. The maximum Gasteiger partial charge on any atom is 0.240 e. The fourth-order valence-electron chi connectivity index (χ4n) is 1.60. The maximum atomic E-state index is 12.2. The normalized spacial score (nSPS) is 13.5. The molecule has 5 nitrogen and oxygen atoms in total. The Labute approximate surface area is 119 Å². The van der Waals surface area contributed by atoms with Crippen LogP contribution in [0.2, 0.25) is 5.02 Å². The summed E-state index contributed by atoms with van der Waals surface area (Å²) < 4.78 is 32.0. The van der Waals surface area contributed by atoms with Crippen molar-refractivity contribution < 1.29 is 13.2 Å². The van der Waals surface area contributed by atoms with E-state index in [-0.39, 0.29) is 17.5 Å². The Morgan fingerprint density at radius 3 is 2.68 bits per heavy atom. The fraction of sp³-hybridized carbons (Fsp3) is 0.500. The van der Waals surface area contributed by atoms with Gasteiger partial charge in [0.2, 0.25) is 10.0 Å². The summed E-state index contributed by atoms with van der Waals surface area (Å²) in [5.74, 6) is 0. The zero-order valence-electron chi connectivity index (χ0n) is 11.0. The lowest BCUT2D eigenvalue weighted by Gasteiger charge is -2.16. The summed E-state index contributed by atoms with van der Waals surface area (Å²) in [7, 11) is -2.05. The van der Waals surface area contributed by atoms with Crippen LogP contribution in [0.1, 0.15) is 18.9 Å². The Morgan fingerprint density at radius 1 is 1.47 bits per heavy atom. The molecule has 7 heteroatoms. The number of hydrogen-bond donors (Lipinski definition) is 2. The second kappa shape index (κ2) is 7.21. The zero-order valence-corrected chi connectivity index (χ0v) is 12.6. The smallest absolute Gasteiger partial charge is 0.240 e. The average molecular weight is 307 g/mol. The van der Waals surface area contributed by atoms with Crippen molar-refractivity contribution in [1.29, 1.82) is 0 Å². The van der Waals surface area contributed by atoms with Crippen LogP contribution in [-0.4, -0.2) is 28.2 Å². The minimum atomic E-state index is -3.59. The van der Waals surface area contributed by atoms with Gasteiger partial charge in [0.05, 0.1) is 11.5 Å². The van der Waals surface area contributed by atoms with Crippen LogP contribution in [0.25, 0.3) is 0 Å². The van der Waals surface area contributed by atoms with Crippen molar-refractivity contribution in [3.05, 3.63) is 28.8 Å². The quantitative estimate of drug-likeness (QED) is 0.800. The molecule has 0 aliphatic heterocycles. The van der Waals surface area contributed by atoms with Crippen LogP contribution in [0.5, 0.6) is 0 Å². The van der Waals surface area contributed by atoms with Gasteiger partial charge in [-0.25, -0.2) is 13.1 Å². The third-order valence-corrected chi connectivity index (χ3v) is 4.62. The van der Waals surface area contributed by atoms with Gasteiger partial charge < -0.3 is 10.5 Å². The monoisotopic (exact) mass is 306 g/mol. The first-order valence-electron chi connectivity index (χ1n) is 5.94. The lowest BCUT2D eigenvalue weighted by atomic mass is 10.2. The van der Waals surface area contributed by atoms with Gasteiger partial charge in [-0.2, -0.15) is 0 Å². The van der Waals surface area contributed by atoms with E-state index in [0.717, 1.165) is 0 Å². The summed E-state index contributed by atoms with van der Waals surface area (Å²) in [5, 5.41) is 0.463. The first kappa shape index (κ1) is 16.4. The zero-order chi connectivity index (χ0) is 14.5. The topological polar surface area (TPSA) is 81.4 Å². The van der Waals surface area contributed by atoms with Gasteiger partial charge in [0.15, 0.2) is 0 Å². The number of rotatable bonds is 7. The number of ether oxygens (including phenoxy) is 1. The molecule has 0 aromatic heterocycles. The fourth-order valence-corrected chi connectivity index (χ4v) is 3.15. The molecule has 1 atom stereocenters. The molecular formula is C12H19ClN2O3S. The van der Waals surface area contributed by atoms with Crippen LogP contribution in [0, 0.1) is 0 Å². The SMILES string of the molecule is CCC(COC)NS(=O)(=O)c1ccc(Cl)c(CN)c1. The average Bonchev–Trinajstić information content (AvgIpc) is 2.38. The molecule has 0 bridgehead atoms. The van der Waals surface area contributed by atoms with Gasteiger partial charge in [-0.1, -0.05) is 18.5 Å². The summed E-state index contributed by atoms with van der Waals surface area (Å²) in [6.45, 7) is 2.41. The lowest BCUT2D eigenvalue weighted by molar-refractivity contribution is 0.173. The molecule has 0 heterocycles. The third-order valence-electron chi connectivity index (χ3n) is 2.73. The summed E-state index contributed by atoms with van der Waals surface area (Å²) in [6, 6.07) is 4.23. The van der Waals surface area contributed by atoms with Crippen LogP contribution in [0.4, 0.5) is 0 Å². The van der Waals surface area contributed by atoms with Gasteiger partial charge in [0, 0.05) is 24.7 Å². The van der Waals surface area contributed by atoms with Crippen molar-refractivity contribution in [2.75, 3.05) is 13.7 Å². The molecule has 0 saturated heterocycles. The highest BCUT2D eigenvalue weighted by atomic mass is 35.5. The van der Waals surface area contributed by atoms with Gasteiger partial charge in [-0.05, 0) is 30.2 Å². The molecule has 1 rings (SSSR count). The van der Waals surface area contributed by atoms with Crippen LogP contribution < -0.4 is 10.5 Å².